The molecule has 2 fully saturated rings. The molecule has 5 nitrogen and oxygen atoms in total. The molecule has 1 aromatic rings. The fraction of sp³-hybridized carbons (Fsp3) is 0.600. The third-order valence-electron chi connectivity index (χ3n) is 4.25. The lowest BCUT2D eigenvalue weighted by Crippen LogP contribution is -2.38. The van der Waals surface area contributed by atoms with Crippen molar-refractivity contribution in [3.05, 3.63) is 46.3 Å². The summed E-state index contributed by atoms with van der Waals surface area (Å²) in [6.45, 7) is 1.15. The van der Waals surface area contributed by atoms with Gasteiger partial charge in [0.05, 0.1) is 31.5 Å². The minimum atomic E-state index is -0.0190. The first-order valence-corrected chi connectivity index (χ1v) is 7.19. The number of rotatable bonds is 2. The van der Waals surface area contributed by atoms with E-state index in [1.807, 2.05) is 18.2 Å². The lowest BCUT2D eigenvalue weighted by atomic mass is 9.88. The van der Waals surface area contributed by atoms with Crippen LogP contribution in [-0.4, -0.2) is 25.4 Å². The summed E-state index contributed by atoms with van der Waals surface area (Å²) in [5, 5.41) is 3.80. The van der Waals surface area contributed by atoms with Crippen molar-refractivity contribution in [3.8, 4) is 0 Å². The molecule has 0 spiro atoms. The number of hydrogen-bond donors (Lipinski definition) is 0. The largest absolute Gasteiger partial charge is 0.375 e. The molecule has 5 heteroatoms. The van der Waals surface area contributed by atoms with E-state index in [4.69, 9.17) is 15.0 Å². The van der Waals surface area contributed by atoms with Gasteiger partial charge in [0, 0.05) is 4.91 Å². The second-order valence-corrected chi connectivity index (χ2v) is 5.54. The summed E-state index contributed by atoms with van der Waals surface area (Å²) < 4.78 is 11.8. The van der Waals surface area contributed by atoms with Crippen LogP contribution in [0.1, 0.15) is 30.9 Å². The van der Waals surface area contributed by atoms with E-state index in [1.54, 1.807) is 0 Å². The van der Waals surface area contributed by atoms with Gasteiger partial charge in [0.2, 0.25) is 0 Å². The Morgan fingerprint density at radius 3 is 2.75 bits per heavy atom. The predicted molar refractivity (Wildman–Crippen MR) is 75.2 cm³/mol. The molecule has 0 N–H and O–H groups in total. The van der Waals surface area contributed by atoms with Crippen molar-refractivity contribution < 1.29 is 9.47 Å². The zero-order valence-corrected chi connectivity index (χ0v) is 11.4. The molecule has 2 aliphatic heterocycles. The SMILES string of the molecule is [N-]=[N+]=N[C@H]1CO[C@@H]2COC(c3ccccc3)CC[C@H]2C1. The summed E-state index contributed by atoms with van der Waals surface area (Å²) in [4.78, 5) is 2.90. The van der Waals surface area contributed by atoms with Crippen molar-refractivity contribution in [2.45, 2.75) is 37.5 Å². The molecule has 2 aliphatic rings. The van der Waals surface area contributed by atoms with Crippen LogP contribution in [0.3, 0.4) is 0 Å². The van der Waals surface area contributed by atoms with Crippen LogP contribution in [0.2, 0.25) is 0 Å². The predicted octanol–water partition coefficient (Wildman–Crippen LogP) is 3.62. The summed E-state index contributed by atoms with van der Waals surface area (Å²) >= 11 is 0. The number of azide groups is 1. The number of benzene rings is 1. The van der Waals surface area contributed by atoms with Crippen molar-refractivity contribution in [2.24, 2.45) is 11.0 Å². The molecule has 0 bridgehead atoms. The van der Waals surface area contributed by atoms with E-state index in [2.05, 4.69) is 22.2 Å². The minimum Gasteiger partial charge on any atom is -0.375 e. The highest BCUT2D eigenvalue weighted by Gasteiger charge is 2.34. The van der Waals surface area contributed by atoms with Crippen molar-refractivity contribution in [2.75, 3.05) is 13.2 Å². The van der Waals surface area contributed by atoms with E-state index in [1.165, 1.54) is 5.56 Å². The van der Waals surface area contributed by atoms with E-state index in [0.717, 1.165) is 19.3 Å². The molecule has 4 atom stereocenters. The van der Waals surface area contributed by atoms with Crippen molar-refractivity contribution >= 4 is 0 Å². The molecule has 1 unspecified atom stereocenters. The Morgan fingerprint density at radius 1 is 1.10 bits per heavy atom. The summed E-state index contributed by atoms with van der Waals surface area (Å²) in [5.41, 5.74) is 9.77. The average Bonchev–Trinajstić information content (AvgIpc) is 2.71. The van der Waals surface area contributed by atoms with E-state index in [-0.39, 0.29) is 18.2 Å². The van der Waals surface area contributed by atoms with Gasteiger partial charge in [-0.3, -0.25) is 0 Å². The highest BCUT2D eigenvalue weighted by molar-refractivity contribution is 5.17. The van der Waals surface area contributed by atoms with E-state index in [0.29, 0.717) is 19.1 Å². The second-order valence-electron chi connectivity index (χ2n) is 5.54. The number of fused-ring (bicyclic) bond motifs is 1. The van der Waals surface area contributed by atoms with Crippen LogP contribution in [0, 0.1) is 5.92 Å². The quantitative estimate of drug-likeness (QED) is 0.469. The van der Waals surface area contributed by atoms with Gasteiger partial charge in [0.15, 0.2) is 0 Å². The van der Waals surface area contributed by atoms with Crippen molar-refractivity contribution in [1.82, 2.24) is 0 Å². The van der Waals surface area contributed by atoms with E-state index >= 15 is 0 Å². The average molecular weight is 273 g/mol. The summed E-state index contributed by atoms with van der Waals surface area (Å²) in [7, 11) is 0. The molecule has 2 saturated heterocycles. The monoisotopic (exact) mass is 273 g/mol. The van der Waals surface area contributed by atoms with Crippen molar-refractivity contribution in [1.29, 1.82) is 0 Å². The van der Waals surface area contributed by atoms with Gasteiger partial charge >= 0.3 is 0 Å². The third-order valence-corrected chi connectivity index (χ3v) is 4.25. The molecule has 0 saturated carbocycles. The normalized spacial score (nSPS) is 33.6. The van der Waals surface area contributed by atoms with Gasteiger partial charge in [-0.1, -0.05) is 35.4 Å². The molecule has 0 radical (unpaired) electrons. The lowest BCUT2D eigenvalue weighted by molar-refractivity contribution is -0.0778. The van der Waals surface area contributed by atoms with Gasteiger partial charge in [-0.15, -0.1) is 0 Å². The minimum absolute atomic E-state index is 0.0190. The fourth-order valence-corrected chi connectivity index (χ4v) is 3.17. The summed E-state index contributed by atoms with van der Waals surface area (Å²) in [5.74, 6) is 0.438. The van der Waals surface area contributed by atoms with Gasteiger partial charge in [-0.05, 0) is 36.3 Å². The van der Waals surface area contributed by atoms with Gasteiger partial charge < -0.3 is 9.47 Å². The topological polar surface area (TPSA) is 67.2 Å². The maximum atomic E-state index is 8.54. The highest BCUT2D eigenvalue weighted by Crippen LogP contribution is 2.35. The zero-order valence-electron chi connectivity index (χ0n) is 11.4. The second kappa shape index (κ2) is 6.27. The van der Waals surface area contributed by atoms with Crippen LogP contribution < -0.4 is 0 Å². The molecule has 0 aromatic heterocycles. The van der Waals surface area contributed by atoms with Crippen molar-refractivity contribution in [3.63, 3.8) is 0 Å². The fourth-order valence-electron chi connectivity index (χ4n) is 3.17. The Morgan fingerprint density at radius 2 is 1.95 bits per heavy atom. The molecular weight excluding hydrogens is 254 g/mol. The summed E-state index contributed by atoms with van der Waals surface area (Å²) in [6.07, 6.45) is 3.27. The first-order chi connectivity index (χ1) is 9.86. The molecule has 106 valence electrons. The van der Waals surface area contributed by atoms with Gasteiger partial charge in [0.25, 0.3) is 0 Å². The van der Waals surface area contributed by atoms with Crippen LogP contribution in [0.4, 0.5) is 0 Å². The third kappa shape index (κ3) is 2.96. The summed E-state index contributed by atoms with van der Waals surface area (Å²) in [6, 6.07) is 10.3. The number of ether oxygens (including phenoxy) is 2. The van der Waals surface area contributed by atoms with Crippen LogP contribution in [0.15, 0.2) is 35.4 Å². The Hall–Kier alpha value is -1.55. The Labute approximate surface area is 118 Å². The van der Waals surface area contributed by atoms with Crippen LogP contribution in [0.5, 0.6) is 0 Å². The molecular formula is C15H19N3O2. The van der Waals surface area contributed by atoms with Gasteiger partial charge in [-0.25, -0.2) is 0 Å². The molecule has 0 aliphatic carbocycles. The molecule has 1 aromatic carbocycles. The molecule has 20 heavy (non-hydrogen) atoms. The van der Waals surface area contributed by atoms with Gasteiger partial charge in [0.1, 0.15) is 0 Å². The molecule has 2 heterocycles. The highest BCUT2D eigenvalue weighted by atomic mass is 16.5. The van der Waals surface area contributed by atoms with Crippen LogP contribution in [-0.2, 0) is 9.47 Å². The van der Waals surface area contributed by atoms with Gasteiger partial charge in [-0.2, -0.15) is 0 Å². The van der Waals surface area contributed by atoms with E-state index < -0.39 is 0 Å². The number of nitrogens with zero attached hydrogens (tertiary/aromatic N) is 3. The lowest BCUT2D eigenvalue weighted by Gasteiger charge is -2.32. The molecule has 3 rings (SSSR count). The maximum Gasteiger partial charge on any atom is 0.0837 e. The Bertz CT molecular complexity index is 487. The maximum absolute atomic E-state index is 8.54. The smallest absolute Gasteiger partial charge is 0.0837 e. The first kappa shape index (κ1) is 13.4. The number of hydrogen-bond acceptors (Lipinski definition) is 3. The zero-order chi connectivity index (χ0) is 13.8. The van der Waals surface area contributed by atoms with E-state index in [9.17, 15) is 0 Å². The first-order valence-electron chi connectivity index (χ1n) is 7.19. The molecule has 0 amide bonds. The van der Waals surface area contributed by atoms with Crippen LogP contribution >= 0.6 is 0 Å². The van der Waals surface area contributed by atoms with Crippen LogP contribution in [0.25, 0.3) is 10.4 Å². The Kier molecular flexibility index (Phi) is 4.21. The Balaban J connectivity index is 1.66. The standard InChI is InChI=1S/C15H19N3O2/c16-18-17-13-8-12-6-7-14(11-4-2-1-3-5-11)20-10-15(12)19-9-13/h1-5,12-15H,6-10H2/t12-,13+,14?,15+/m0/s1.